The third-order valence-electron chi connectivity index (χ3n) is 5.58. The van der Waals surface area contributed by atoms with E-state index in [1.807, 2.05) is 0 Å². The molecule has 6 unspecified atom stereocenters. The van der Waals surface area contributed by atoms with Crippen LogP contribution in [0.2, 0.25) is 0 Å². The Balaban J connectivity index is 1.88. The van der Waals surface area contributed by atoms with E-state index in [2.05, 4.69) is 20.8 Å². The Hall–Kier alpha value is -0.0400. The van der Waals surface area contributed by atoms with Crippen LogP contribution < -0.4 is 5.73 Å². The van der Waals surface area contributed by atoms with Crippen molar-refractivity contribution in [1.29, 1.82) is 0 Å². The monoisotopic (exact) mass is 223 g/mol. The first-order chi connectivity index (χ1) is 7.58. The van der Waals surface area contributed by atoms with Gasteiger partial charge in [-0.25, -0.2) is 0 Å². The van der Waals surface area contributed by atoms with Crippen molar-refractivity contribution in [2.45, 2.75) is 65.3 Å². The highest BCUT2D eigenvalue weighted by Gasteiger charge is 2.34. The Bertz CT molecular complexity index is 201. The predicted molar refractivity (Wildman–Crippen MR) is 70.1 cm³/mol. The third-order valence-corrected chi connectivity index (χ3v) is 5.58. The summed E-state index contributed by atoms with van der Waals surface area (Å²) in [5, 5.41) is 0. The first kappa shape index (κ1) is 12.4. The van der Waals surface area contributed by atoms with E-state index in [0.717, 1.165) is 29.6 Å². The van der Waals surface area contributed by atoms with E-state index in [1.165, 1.54) is 38.5 Å². The van der Waals surface area contributed by atoms with Crippen LogP contribution in [0.3, 0.4) is 0 Å². The summed E-state index contributed by atoms with van der Waals surface area (Å²) < 4.78 is 0. The van der Waals surface area contributed by atoms with Crippen molar-refractivity contribution in [2.75, 3.05) is 0 Å². The van der Waals surface area contributed by atoms with Crippen LogP contribution >= 0.6 is 0 Å². The fourth-order valence-corrected chi connectivity index (χ4v) is 3.91. The van der Waals surface area contributed by atoms with E-state index in [-0.39, 0.29) is 0 Å². The molecule has 2 aliphatic rings. The number of hydrogen-bond acceptors (Lipinski definition) is 1. The minimum absolute atomic E-state index is 0.483. The van der Waals surface area contributed by atoms with Crippen molar-refractivity contribution in [3.05, 3.63) is 0 Å². The van der Waals surface area contributed by atoms with Crippen LogP contribution in [0.1, 0.15) is 59.3 Å². The summed E-state index contributed by atoms with van der Waals surface area (Å²) >= 11 is 0. The van der Waals surface area contributed by atoms with Crippen LogP contribution in [-0.4, -0.2) is 6.04 Å². The first-order valence-electron chi connectivity index (χ1n) is 7.33. The van der Waals surface area contributed by atoms with Gasteiger partial charge in [-0.05, 0) is 61.7 Å². The maximum Gasteiger partial charge on any atom is 0.00647 e. The zero-order valence-corrected chi connectivity index (χ0v) is 11.3. The second-order valence-electron chi connectivity index (χ2n) is 6.74. The summed E-state index contributed by atoms with van der Waals surface area (Å²) in [6.45, 7) is 7.24. The topological polar surface area (TPSA) is 26.0 Å². The van der Waals surface area contributed by atoms with Crippen molar-refractivity contribution in [3.63, 3.8) is 0 Å². The van der Waals surface area contributed by atoms with Crippen LogP contribution in [0.25, 0.3) is 0 Å². The molecule has 2 rings (SSSR count). The molecule has 0 amide bonds. The Morgan fingerprint density at radius 2 is 1.25 bits per heavy atom. The standard InChI is InChI=1S/C15H29N/c1-10-4-5-13(8-11(10)2)14-6-7-15(16)12(3)9-14/h10-15H,4-9,16H2,1-3H3. The molecule has 0 radical (unpaired) electrons. The van der Waals surface area contributed by atoms with Crippen LogP contribution in [0.15, 0.2) is 0 Å². The van der Waals surface area contributed by atoms with Crippen LogP contribution in [0.4, 0.5) is 0 Å². The van der Waals surface area contributed by atoms with Gasteiger partial charge in [-0.1, -0.05) is 27.2 Å². The minimum Gasteiger partial charge on any atom is -0.327 e. The number of rotatable bonds is 1. The molecule has 0 saturated heterocycles. The molecule has 2 aliphatic carbocycles. The lowest BCUT2D eigenvalue weighted by Gasteiger charge is -2.41. The summed E-state index contributed by atoms with van der Waals surface area (Å²) in [6.07, 6.45) is 8.49. The van der Waals surface area contributed by atoms with Crippen molar-refractivity contribution in [2.24, 2.45) is 35.3 Å². The highest BCUT2D eigenvalue weighted by Crippen LogP contribution is 2.43. The van der Waals surface area contributed by atoms with E-state index in [1.54, 1.807) is 0 Å². The van der Waals surface area contributed by atoms with Gasteiger partial charge in [0.1, 0.15) is 0 Å². The molecule has 2 N–H and O–H groups in total. The van der Waals surface area contributed by atoms with Crippen molar-refractivity contribution < 1.29 is 0 Å². The summed E-state index contributed by atoms with van der Waals surface area (Å²) in [4.78, 5) is 0. The van der Waals surface area contributed by atoms with Gasteiger partial charge in [0.25, 0.3) is 0 Å². The Labute approximate surface area is 101 Å². The molecular formula is C15H29N. The van der Waals surface area contributed by atoms with E-state index < -0.39 is 0 Å². The first-order valence-corrected chi connectivity index (χ1v) is 7.33. The minimum atomic E-state index is 0.483. The molecule has 0 aromatic rings. The molecule has 0 aliphatic heterocycles. The molecule has 2 saturated carbocycles. The van der Waals surface area contributed by atoms with Gasteiger partial charge in [0.2, 0.25) is 0 Å². The molecule has 0 aromatic carbocycles. The molecule has 2 fully saturated rings. The molecule has 16 heavy (non-hydrogen) atoms. The lowest BCUT2D eigenvalue weighted by molar-refractivity contribution is 0.108. The van der Waals surface area contributed by atoms with E-state index in [9.17, 15) is 0 Å². The molecule has 1 heteroatoms. The van der Waals surface area contributed by atoms with Gasteiger partial charge in [-0.2, -0.15) is 0 Å². The van der Waals surface area contributed by atoms with Crippen molar-refractivity contribution in [3.8, 4) is 0 Å². The van der Waals surface area contributed by atoms with Gasteiger partial charge in [0.15, 0.2) is 0 Å². The molecule has 0 bridgehead atoms. The van der Waals surface area contributed by atoms with Crippen molar-refractivity contribution in [1.82, 2.24) is 0 Å². The zero-order valence-electron chi connectivity index (χ0n) is 11.3. The highest BCUT2D eigenvalue weighted by molar-refractivity contribution is 4.86. The third kappa shape index (κ3) is 2.61. The predicted octanol–water partition coefficient (Wildman–Crippen LogP) is 3.82. The summed E-state index contributed by atoms with van der Waals surface area (Å²) in [5.74, 6) is 4.67. The Kier molecular flexibility index (Phi) is 3.94. The smallest absolute Gasteiger partial charge is 0.00647 e. The van der Waals surface area contributed by atoms with Crippen molar-refractivity contribution >= 4 is 0 Å². The molecule has 0 heterocycles. The molecule has 0 spiro atoms. The summed E-state index contributed by atoms with van der Waals surface area (Å²) in [5.41, 5.74) is 6.12. The van der Waals surface area contributed by atoms with Crippen LogP contribution in [0.5, 0.6) is 0 Å². The van der Waals surface area contributed by atoms with E-state index in [4.69, 9.17) is 5.73 Å². The Morgan fingerprint density at radius 3 is 1.81 bits per heavy atom. The van der Waals surface area contributed by atoms with Crippen LogP contribution in [-0.2, 0) is 0 Å². The highest BCUT2D eigenvalue weighted by atomic mass is 14.7. The maximum atomic E-state index is 6.12. The number of nitrogens with two attached hydrogens (primary N) is 1. The van der Waals surface area contributed by atoms with E-state index >= 15 is 0 Å². The second kappa shape index (κ2) is 5.08. The largest absolute Gasteiger partial charge is 0.327 e. The van der Waals surface area contributed by atoms with Gasteiger partial charge < -0.3 is 5.73 Å². The lowest BCUT2D eigenvalue weighted by atomic mass is 9.65. The van der Waals surface area contributed by atoms with Gasteiger partial charge in [-0.15, -0.1) is 0 Å². The molecule has 94 valence electrons. The molecular weight excluding hydrogens is 194 g/mol. The number of hydrogen-bond donors (Lipinski definition) is 1. The van der Waals surface area contributed by atoms with Gasteiger partial charge in [0.05, 0.1) is 0 Å². The van der Waals surface area contributed by atoms with Gasteiger partial charge in [0, 0.05) is 6.04 Å². The SMILES string of the molecule is CC1CCC(C2CCC(N)C(C)C2)CC1C. The quantitative estimate of drug-likeness (QED) is 0.718. The van der Waals surface area contributed by atoms with Gasteiger partial charge in [-0.3, -0.25) is 0 Å². The Morgan fingerprint density at radius 1 is 0.688 bits per heavy atom. The second-order valence-corrected chi connectivity index (χ2v) is 6.74. The summed E-state index contributed by atoms with van der Waals surface area (Å²) in [7, 11) is 0. The van der Waals surface area contributed by atoms with E-state index in [0.29, 0.717) is 6.04 Å². The zero-order chi connectivity index (χ0) is 11.7. The average molecular weight is 223 g/mol. The van der Waals surface area contributed by atoms with Crippen LogP contribution in [0, 0.1) is 29.6 Å². The maximum absolute atomic E-state index is 6.12. The molecule has 0 aromatic heterocycles. The fourth-order valence-electron chi connectivity index (χ4n) is 3.91. The average Bonchev–Trinajstić information content (AvgIpc) is 2.26. The molecule has 6 atom stereocenters. The summed E-state index contributed by atoms with van der Waals surface area (Å²) in [6, 6.07) is 0.483. The molecule has 1 nitrogen and oxygen atoms in total. The fraction of sp³-hybridized carbons (Fsp3) is 1.00. The van der Waals surface area contributed by atoms with Gasteiger partial charge >= 0.3 is 0 Å². The normalized spacial score (nSPS) is 50.2. The lowest BCUT2D eigenvalue weighted by Crippen LogP contribution is -2.38.